The van der Waals surface area contributed by atoms with Crippen molar-refractivity contribution in [3.63, 3.8) is 0 Å². The van der Waals surface area contributed by atoms with Gasteiger partial charge in [0, 0.05) is 43.3 Å². The monoisotopic (exact) mass is 341 g/mol. The highest BCUT2D eigenvalue weighted by Gasteiger charge is 2.19. The fourth-order valence-electron chi connectivity index (χ4n) is 3.22. The van der Waals surface area contributed by atoms with Crippen molar-refractivity contribution in [1.29, 1.82) is 0 Å². The van der Waals surface area contributed by atoms with Crippen LogP contribution in [0.4, 0.5) is 0 Å². The molecule has 0 amide bonds. The van der Waals surface area contributed by atoms with E-state index in [-0.39, 0.29) is 0 Å². The third kappa shape index (κ3) is 4.54. The van der Waals surface area contributed by atoms with Crippen LogP contribution in [0, 0.1) is 0 Å². The van der Waals surface area contributed by atoms with Crippen LogP contribution in [0.25, 0.3) is 11.3 Å². The average Bonchev–Trinajstić information content (AvgIpc) is 3.00. The molecule has 6 nitrogen and oxygen atoms in total. The van der Waals surface area contributed by atoms with Crippen LogP contribution in [-0.2, 0) is 13.1 Å². The molecule has 134 valence electrons. The molecule has 1 aliphatic heterocycles. The van der Waals surface area contributed by atoms with E-state index < -0.39 is 0 Å². The molecular weight excluding hydrogens is 314 g/mol. The van der Waals surface area contributed by atoms with Crippen LogP contribution in [0.2, 0.25) is 0 Å². The third-order valence-electron chi connectivity index (χ3n) is 4.46. The lowest BCUT2D eigenvalue weighted by Gasteiger charge is -2.15. The molecule has 1 unspecified atom stereocenters. The molecule has 1 aliphatic rings. The molecule has 1 saturated heterocycles. The molecule has 2 heterocycles. The molecular formula is C19H27N5O. The molecule has 1 aromatic carbocycles. The van der Waals surface area contributed by atoms with Crippen LogP contribution < -0.4 is 10.5 Å². The molecule has 1 aromatic heterocycles. The van der Waals surface area contributed by atoms with E-state index >= 15 is 0 Å². The lowest BCUT2D eigenvalue weighted by molar-refractivity contribution is 0.322. The molecule has 2 N–H and O–H groups in total. The van der Waals surface area contributed by atoms with E-state index in [2.05, 4.69) is 25.8 Å². The standard InChI is InChI=1S/C19H27N5O/c1-23(2)11-15-8-14(4-5-19(15)25-3)18-10-21-17(9-22-18)13-24-7-6-16(20)12-24/h4-5,8-10,16H,6-7,11-13,20H2,1-3H3. The Morgan fingerprint density at radius 1 is 1.28 bits per heavy atom. The topological polar surface area (TPSA) is 67.5 Å². The molecule has 2 aromatic rings. The van der Waals surface area contributed by atoms with E-state index in [1.54, 1.807) is 7.11 Å². The quantitative estimate of drug-likeness (QED) is 0.863. The van der Waals surface area contributed by atoms with Crippen molar-refractivity contribution >= 4 is 0 Å². The lowest BCUT2D eigenvalue weighted by atomic mass is 10.1. The van der Waals surface area contributed by atoms with Crippen LogP contribution in [0.15, 0.2) is 30.6 Å². The first kappa shape index (κ1) is 17.8. The average molecular weight is 341 g/mol. The zero-order valence-electron chi connectivity index (χ0n) is 15.3. The smallest absolute Gasteiger partial charge is 0.123 e. The van der Waals surface area contributed by atoms with Crippen LogP contribution in [-0.4, -0.2) is 60.1 Å². The second-order valence-electron chi connectivity index (χ2n) is 6.94. The predicted octanol–water partition coefficient (Wildman–Crippen LogP) is 1.75. The maximum absolute atomic E-state index is 5.96. The number of benzene rings is 1. The summed E-state index contributed by atoms with van der Waals surface area (Å²) in [4.78, 5) is 13.7. The van der Waals surface area contributed by atoms with Crippen LogP contribution in [0.1, 0.15) is 17.7 Å². The van der Waals surface area contributed by atoms with Gasteiger partial charge in [0.1, 0.15) is 5.75 Å². The van der Waals surface area contributed by atoms with Crippen molar-refractivity contribution in [2.75, 3.05) is 34.3 Å². The van der Waals surface area contributed by atoms with E-state index in [1.807, 2.05) is 38.6 Å². The van der Waals surface area contributed by atoms with Crippen molar-refractivity contribution < 1.29 is 4.74 Å². The summed E-state index contributed by atoms with van der Waals surface area (Å²) in [5.41, 5.74) is 10.0. The Labute approximate surface area is 149 Å². The molecule has 1 atom stereocenters. The third-order valence-corrected chi connectivity index (χ3v) is 4.46. The number of ether oxygens (including phenoxy) is 1. The number of nitrogens with two attached hydrogens (primary N) is 1. The molecule has 0 spiro atoms. The Morgan fingerprint density at radius 3 is 2.72 bits per heavy atom. The Bertz CT molecular complexity index is 701. The zero-order valence-corrected chi connectivity index (χ0v) is 15.3. The predicted molar refractivity (Wildman–Crippen MR) is 99.3 cm³/mol. The van der Waals surface area contributed by atoms with Gasteiger partial charge < -0.3 is 15.4 Å². The van der Waals surface area contributed by atoms with Gasteiger partial charge >= 0.3 is 0 Å². The van der Waals surface area contributed by atoms with Crippen molar-refractivity contribution in [2.45, 2.75) is 25.6 Å². The van der Waals surface area contributed by atoms with E-state index in [0.717, 1.165) is 60.9 Å². The second kappa shape index (κ2) is 7.91. The normalized spacial score (nSPS) is 18.0. The highest BCUT2D eigenvalue weighted by molar-refractivity contribution is 5.61. The van der Waals surface area contributed by atoms with Gasteiger partial charge in [-0.2, -0.15) is 0 Å². The van der Waals surface area contributed by atoms with Crippen molar-refractivity contribution in [2.24, 2.45) is 5.73 Å². The van der Waals surface area contributed by atoms with Crippen molar-refractivity contribution in [3.05, 3.63) is 41.9 Å². The number of hydrogen-bond donors (Lipinski definition) is 1. The van der Waals surface area contributed by atoms with Crippen LogP contribution in [0.3, 0.4) is 0 Å². The van der Waals surface area contributed by atoms with Gasteiger partial charge in [-0.25, -0.2) is 0 Å². The summed E-state index contributed by atoms with van der Waals surface area (Å²) < 4.78 is 5.46. The van der Waals surface area contributed by atoms with Gasteiger partial charge in [-0.15, -0.1) is 0 Å². The van der Waals surface area contributed by atoms with Gasteiger partial charge in [-0.05, 0) is 38.7 Å². The summed E-state index contributed by atoms with van der Waals surface area (Å²) in [5.74, 6) is 0.896. The number of hydrogen-bond acceptors (Lipinski definition) is 6. The fraction of sp³-hybridized carbons (Fsp3) is 0.474. The van der Waals surface area contributed by atoms with Crippen LogP contribution in [0.5, 0.6) is 5.75 Å². The summed E-state index contributed by atoms with van der Waals surface area (Å²) in [5, 5.41) is 0. The summed E-state index contributed by atoms with van der Waals surface area (Å²) >= 11 is 0. The van der Waals surface area contributed by atoms with E-state index in [9.17, 15) is 0 Å². The number of nitrogens with zero attached hydrogens (tertiary/aromatic N) is 4. The molecule has 0 bridgehead atoms. The van der Waals surface area contributed by atoms with E-state index in [0.29, 0.717) is 6.04 Å². The van der Waals surface area contributed by atoms with Gasteiger partial charge in [-0.1, -0.05) is 0 Å². The summed E-state index contributed by atoms with van der Waals surface area (Å²) in [6, 6.07) is 6.44. The van der Waals surface area contributed by atoms with Gasteiger partial charge in [0.05, 0.1) is 30.9 Å². The SMILES string of the molecule is COc1ccc(-c2cnc(CN3CCC(N)C3)cn2)cc1CN(C)C. The Morgan fingerprint density at radius 2 is 2.12 bits per heavy atom. The van der Waals surface area contributed by atoms with Crippen LogP contribution >= 0.6 is 0 Å². The summed E-state index contributed by atoms with van der Waals surface area (Å²) in [6.07, 6.45) is 4.79. The minimum Gasteiger partial charge on any atom is -0.496 e. The van der Waals surface area contributed by atoms with Gasteiger partial charge in [0.25, 0.3) is 0 Å². The maximum Gasteiger partial charge on any atom is 0.123 e. The second-order valence-corrected chi connectivity index (χ2v) is 6.94. The largest absolute Gasteiger partial charge is 0.496 e. The molecule has 0 aliphatic carbocycles. The van der Waals surface area contributed by atoms with Crippen molar-refractivity contribution in [3.8, 4) is 17.0 Å². The molecule has 6 heteroatoms. The Balaban J connectivity index is 1.75. The molecule has 1 fully saturated rings. The van der Waals surface area contributed by atoms with Crippen molar-refractivity contribution in [1.82, 2.24) is 19.8 Å². The number of methoxy groups -OCH3 is 1. The molecule has 3 rings (SSSR count). The number of aromatic nitrogens is 2. The molecule has 0 saturated carbocycles. The number of rotatable bonds is 6. The number of likely N-dealkylation sites (tertiary alicyclic amines) is 1. The van der Waals surface area contributed by atoms with E-state index in [1.165, 1.54) is 0 Å². The van der Waals surface area contributed by atoms with Gasteiger partial charge in [-0.3, -0.25) is 14.9 Å². The zero-order chi connectivity index (χ0) is 17.8. The first-order valence-corrected chi connectivity index (χ1v) is 8.66. The minimum absolute atomic E-state index is 0.293. The Hall–Kier alpha value is -2.02. The molecule has 0 radical (unpaired) electrons. The highest BCUT2D eigenvalue weighted by Crippen LogP contribution is 2.26. The maximum atomic E-state index is 5.96. The first-order chi connectivity index (χ1) is 12.0. The molecule has 25 heavy (non-hydrogen) atoms. The minimum atomic E-state index is 0.293. The summed E-state index contributed by atoms with van der Waals surface area (Å²) in [7, 11) is 5.79. The lowest BCUT2D eigenvalue weighted by Crippen LogP contribution is -2.26. The van der Waals surface area contributed by atoms with Gasteiger partial charge in [0.2, 0.25) is 0 Å². The summed E-state index contributed by atoms with van der Waals surface area (Å²) in [6.45, 7) is 3.61. The Kier molecular flexibility index (Phi) is 5.63. The van der Waals surface area contributed by atoms with Gasteiger partial charge in [0.15, 0.2) is 0 Å². The fourth-order valence-corrected chi connectivity index (χ4v) is 3.22. The highest BCUT2D eigenvalue weighted by atomic mass is 16.5. The van der Waals surface area contributed by atoms with E-state index in [4.69, 9.17) is 10.5 Å². The first-order valence-electron chi connectivity index (χ1n) is 8.66.